The Balaban J connectivity index is 1.64. The number of ether oxygens (including phenoxy) is 1. The lowest BCUT2D eigenvalue weighted by Gasteiger charge is -2.27. The lowest BCUT2D eigenvalue weighted by atomic mass is 9.86. The molecule has 1 aromatic carbocycles. The summed E-state index contributed by atoms with van der Waals surface area (Å²) in [5.74, 6) is 2.65. The summed E-state index contributed by atoms with van der Waals surface area (Å²) in [6.07, 6.45) is 7.84. The highest BCUT2D eigenvalue weighted by Gasteiger charge is 2.20. The van der Waals surface area contributed by atoms with Crippen LogP contribution in [0.1, 0.15) is 37.7 Å². The minimum Gasteiger partial charge on any atom is -0.493 e. The van der Waals surface area contributed by atoms with Crippen LogP contribution in [0.2, 0.25) is 0 Å². The van der Waals surface area contributed by atoms with E-state index in [0.29, 0.717) is 0 Å². The molecule has 1 aliphatic heterocycles. The molecule has 1 unspecified atom stereocenters. The van der Waals surface area contributed by atoms with E-state index in [9.17, 15) is 0 Å². The van der Waals surface area contributed by atoms with Crippen LogP contribution in [0.4, 0.5) is 0 Å². The molecule has 3 rings (SSSR count). The molecule has 20 heavy (non-hydrogen) atoms. The molecule has 0 bridgehead atoms. The molecule has 1 aromatic rings. The van der Waals surface area contributed by atoms with Crippen molar-refractivity contribution in [3.63, 3.8) is 0 Å². The van der Waals surface area contributed by atoms with Crippen molar-refractivity contribution < 1.29 is 4.74 Å². The number of piperidine rings is 1. The van der Waals surface area contributed by atoms with Crippen molar-refractivity contribution in [2.24, 2.45) is 11.8 Å². The predicted octanol–water partition coefficient (Wildman–Crippen LogP) is 4.17. The minimum atomic E-state index is 0.754. The summed E-state index contributed by atoms with van der Waals surface area (Å²) >= 11 is 3.59. The van der Waals surface area contributed by atoms with Gasteiger partial charge in [-0.05, 0) is 80.8 Å². The molecule has 110 valence electrons. The third-order valence-electron chi connectivity index (χ3n) is 4.63. The van der Waals surface area contributed by atoms with Crippen LogP contribution in [0.5, 0.6) is 5.75 Å². The minimum absolute atomic E-state index is 0.754. The molecule has 2 fully saturated rings. The molecule has 1 atom stereocenters. The second-order valence-electron chi connectivity index (χ2n) is 6.28. The van der Waals surface area contributed by atoms with Crippen molar-refractivity contribution in [1.82, 2.24) is 5.32 Å². The molecule has 1 aliphatic carbocycles. The molecule has 1 saturated heterocycles. The Labute approximate surface area is 130 Å². The molecule has 1 N–H and O–H groups in total. The van der Waals surface area contributed by atoms with Crippen molar-refractivity contribution >= 4 is 15.9 Å². The zero-order valence-electron chi connectivity index (χ0n) is 12.0. The topological polar surface area (TPSA) is 21.3 Å². The lowest BCUT2D eigenvalue weighted by molar-refractivity contribution is 0.179. The van der Waals surface area contributed by atoms with Gasteiger partial charge in [0.25, 0.3) is 0 Å². The molecule has 2 aliphatic rings. The Bertz CT molecular complexity index is 439. The summed E-state index contributed by atoms with van der Waals surface area (Å²) < 4.78 is 7.26. The third-order valence-corrected chi connectivity index (χ3v) is 5.12. The molecular weight excluding hydrogens is 314 g/mol. The summed E-state index contributed by atoms with van der Waals surface area (Å²) in [6, 6.07) is 6.47. The van der Waals surface area contributed by atoms with Crippen molar-refractivity contribution in [3.05, 3.63) is 28.2 Å². The maximum Gasteiger partial charge on any atom is 0.122 e. The monoisotopic (exact) mass is 337 g/mol. The first kappa shape index (κ1) is 14.4. The molecule has 0 spiro atoms. The van der Waals surface area contributed by atoms with Gasteiger partial charge in [-0.3, -0.25) is 0 Å². The Morgan fingerprint density at radius 2 is 2.00 bits per heavy atom. The van der Waals surface area contributed by atoms with Crippen LogP contribution in [0, 0.1) is 11.8 Å². The highest BCUT2D eigenvalue weighted by atomic mass is 79.9. The van der Waals surface area contributed by atoms with E-state index in [-0.39, 0.29) is 0 Å². The molecule has 0 aromatic heterocycles. The van der Waals surface area contributed by atoms with E-state index in [1.807, 2.05) is 0 Å². The van der Waals surface area contributed by atoms with E-state index in [1.165, 1.54) is 44.2 Å². The average Bonchev–Trinajstić information content (AvgIpc) is 2.40. The van der Waals surface area contributed by atoms with Gasteiger partial charge in [0.2, 0.25) is 0 Å². The maximum atomic E-state index is 6.10. The SMILES string of the molecule is Brc1ccc(OCC2CCC2)c(CC2CCCNC2)c1. The van der Waals surface area contributed by atoms with Crippen LogP contribution in [0.3, 0.4) is 0 Å². The fraction of sp³-hybridized carbons (Fsp3) is 0.647. The van der Waals surface area contributed by atoms with Gasteiger partial charge in [0.15, 0.2) is 0 Å². The smallest absolute Gasteiger partial charge is 0.122 e. The second-order valence-corrected chi connectivity index (χ2v) is 7.19. The zero-order chi connectivity index (χ0) is 13.8. The molecule has 0 radical (unpaired) electrons. The van der Waals surface area contributed by atoms with Crippen LogP contribution in [0.15, 0.2) is 22.7 Å². The largest absolute Gasteiger partial charge is 0.493 e. The van der Waals surface area contributed by atoms with Gasteiger partial charge in [-0.25, -0.2) is 0 Å². The normalized spacial score (nSPS) is 23.4. The van der Waals surface area contributed by atoms with Gasteiger partial charge in [0.1, 0.15) is 5.75 Å². The standard InChI is InChI=1S/C17H24BrNO/c18-16-6-7-17(20-12-13-3-1-4-13)15(10-16)9-14-5-2-8-19-11-14/h6-7,10,13-14,19H,1-5,8-9,11-12H2. The summed E-state index contributed by atoms with van der Waals surface area (Å²) in [6.45, 7) is 3.23. The van der Waals surface area contributed by atoms with Gasteiger partial charge in [-0.1, -0.05) is 22.4 Å². The molecule has 0 amide bonds. The molecule has 3 heteroatoms. The van der Waals surface area contributed by atoms with E-state index in [1.54, 1.807) is 0 Å². The van der Waals surface area contributed by atoms with Gasteiger partial charge in [-0.15, -0.1) is 0 Å². The lowest BCUT2D eigenvalue weighted by Crippen LogP contribution is -2.31. The van der Waals surface area contributed by atoms with Crippen LogP contribution >= 0.6 is 15.9 Å². The van der Waals surface area contributed by atoms with Crippen molar-refractivity contribution in [3.8, 4) is 5.75 Å². The highest BCUT2D eigenvalue weighted by molar-refractivity contribution is 9.10. The van der Waals surface area contributed by atoms with Crippen LogP contribution < -0.4 is 10.1 Å². The van der Waals surface area contributed by atoms with Gasteiger partial charge in [-0.2, -0.15) is 0 Å². The first-order chi connectivity index (χ1) is 9.81. The number of halogens is 1. The fourth-order valence-corrected chi connectivity index (χ4v) is 3.53. The highest BCUT2D eigenvalue weighted by Crippen LogP contribution is 2.31. The number of benzene rings is 1. The van der Waals surface area contributed by atoms with E-state index < -0.39 is 0 Å². The quantitative estimate of drug-likeness (QED) is 0.870. The third kappa shape index (κ3) is 3.76. The van der Waals surface area contributed by atoms with Gasteiger partial charge in [0, 0.05) is 4.47 Å². The Kier molecular flexibility index (Phi) is 5.00. The molecule has 1 saturated carbocycles. The number of rotatable bonds is 5. The number of hydrogen-bond donors (Lipinski definition) is 1. The molecular formula is C17H24BrNO. The van der Waals surface area contributed by atoms with Crippen LogP contribution in [-0.4, -0.2) is 19.7 Å². The summed E-state index contributed by atoms with van der Waals surface area (Å²) in [5.41, 5.74) is 1.37. The maximum absolute atomic E-state index is 6.10. The summed E-state index contributed by atoms with van der Waals surface area (Å²) in [5, 5.41) is 3.51. The van der Waals surface area contributed by atoms with Crippen LogP contribution in [0.25, 0.3) is 0 Å². The van der Waals surface area contributed by atoms with E-state index in [4.69, 9.17) is 4.74 Å². The van der Waals surface area contributed by atoms with Gasteiger partial charge < -0.3 is 10.1 Å². The second kappa shape index (κ2) is 6.95. The van der Waals surface area contributed by atoms with Crippen LogP contribution in [-0.2, 0) is 6.42 Å². The Hall–Kier alpha value is -0.540. The predicted molar refractivity (Wildman–Crippen MR) is 86.3 cm³/mol. The van der Waals surface area contributed by atoms with Gasteiger partial charge in [0.05, 0.1) is 6.61 Å². The van der Waals surface area contributed by atoms with E-state index in [2.05, 4.69) is 39.4 Å². The number of hydrogen-bond acceptors (Lipinski definition) is 2. The number of nitrogens with one attached hydrogen (secondary N) is 1. The molecule has 1 heterocycles. The van der Waals surface area contributed by atoms with E-state index in [0.717, 1.165) is 41.6 Å². The average molecular weight is 338 g/mol. The summed E-state index contributed by atoms with van der Waals surface area (Å²) in [7, 11) is 0. The zero-order valence-corrected chi connectivity index (χ0v) is 13.6. The fourth-order valence-electron chi connectivity index (χ4n) is 3.12. The Morgan fingerprint density at radius 1 is 1.15 bits per heavy atom. The van der Waals surface area contributed by atoms with Gasteiger partial charge >= 0.3 is 0 Å². The Morgan fingerprint density at radius 3 is 2.70 bits per heavy atom. The first-order valence-electron chi connectivity index (χ1n) is 7.93. The van der Waals surface area contributed by atoms with E-state index >= 15 is 0 Å². The van der Waals surface area contributed by atoms with Crippen molar-refractivity contribution in [2.75, 3.05) is 19.7 Å². The van der Waals surface area contributed by atoms with Crippen molar-refractivity contribution in [2.45, 2.75) is 38.5 Å². The molecule has 2 nitrogen and oxygen atoms in total. The summed E-state index contributed by atoms with van der Waals surface area (Å²) in [4.78, 5) is 0. The first-order valence-corrected chi connectivity index (χ1v) is 8.72. The van der Waals surface area contributed by atoms with Crippen molar-refractivity contribution in [1.29, 1.82) is 0 Å².